The second kappa shape index (κ2) is 8.19. The molecule has 1 N–H and O–H groups in total. The lowest BCUT2D eigenvalue weighted by molar-refractivity contribution is 0.0533. The molecule has 1 fully saturated rings. The lowest BCUT2D eigenvalue weighted by Crippen LogP contribution is -2.50. The van der Waals surface area contributed by atoms with Crippen LogP contribution in [0.3, 0.4) is 0 Å². The molecule has 0 aromatic heterocycles. The van der Waals surface area contributed by atoms with Gasteiger partial charge < -0.3 is 14.9 Å². The van der Waals surface area contributed by atoms with Gasteiger partial charge in [0.15, 0.2) is 0 Å². The molecule has 7 heteroatoms. The predicted molar refractivity (Wildman–Crippen MR) is 106 cm³/mol. The van der Waals surface area contributed by atoms with E-state index < -0.39 is 0 Å². The summed E-state index contributed by atoms with van der Waals surface area (Å²) in [7, 11) is 0. The molecule has 0 atom stereocenters. The molecule has 2 aromatic carbocycles. The summed E-state index contributed by atoms with van der Waals surface area (Å²) in [5, 5.41) is 10.8. The first-order chi connectivity index (χ1) is 12.9. The zero-order valence-electron chi connectivity index (χ0n) is 14.9. The third-order valence-corrected chi connectivity index (χ3v) is 5.26. The van der Waals surface area contributed by atoms with Crippen LogP contribution < -0.4 is 0 Å². The van der Waals surface area contributed by atoms with Gasteiger partial charge in [-0.25, -0.2) is 0 Å². The first-order valence-electron chi connectivity index (χ1n) is 8.76. The van der Waals surface area contributed by atoms with E-state index in [4.69, 9.17) is 23.2 Å². The second-order valence-electron chi connectivity index (χ2n) is 6.41. The van der Waals surface area contributed by atoms with E-state index in [-0.39, 0.29) is 17.6 Å². The number of rotatable bonds is 3. The van der Waals surface area contributed by atoms with E-state index in [1.807, 2.05) is 6.92 Å². The van der Waals surface area contributed by atoms with Crippen LogP contribution in [0, 0.1) is 0 Å². The summed E-state index contributed by atoms with van der Waals surface area (Å²) in [6.45, 7) is 3.58. The summed E-state index contributed by atoms with van der Waals surface area (Å²) >= 11 is 12.0. The fraction of sp³-hybridized carbons (Fsp3) is 0.300. The van der Waals surface area contributed by atoms with Crippen LogP contribution in [0.5, 0.6) is 5.75 Å². The lowest BCUT2D eigenvalue weighted by atomic mass is 10.1. The van der Waals surface area contributed by atoms with Gasteiger partial charge in [0, 0.05) is 31.2 Å². The maximum atomic E-state index is 12.8. The average molecular weight is 407 g/mol. The van der Waals surface area contributed by atoms with Gasteiger partial charge in [0.2, 0.25) is 0 Å². The first kappa shape index (κ1) is 19.5. The quantitative estimate of drug-likeness (QED) is 0.841. The Morgan fingerprint density at radius 1 is 0.926 bits per heavy atom. The van der Waals surface area contributed by atoms with Gasteiger partial charge in [-0.2, -0.15) is 0 Å². The molecule has 5 nitrogen and oxygen atoms in total. The van der Waals surface area contributed by atoms with Crippen molar-refractivity contribution in [2.45, 2.75) is 13.3 Å². The Morgan fingerprint density at radius 2 is 1.52 bits per heavy atom. The van der Waals surface area contributed by atoms with Gasteiger partial charge in [0.05, 0.1) is 16.1 Å². The molecule has 1 heterocycles. The summed E-state index contributed by atoms with van der Waals surface area (Å²) in [6, 6.07) is 9.86. The summed E-state index contributed by atoms with van der Waals surface area (Å²) in [5.74, 6) is -0.428. The van der Waals surface area contributed by atoms with E-state index in [1.54, 1.807) is 46.2 Å². The molecule has 0 saturated carbocycles. The Kier molecular flexibility index (Phi) is 5.92. The van der Waals surface area contributed by atoms with Crippen molar-refractivity contribution in [2.24, 2.45) is 0 Å². The minimum absolute atomic E-state index is 0.0244. The fourth-order valence-electron chi connectivity index (χ4n) is 3.09. The average Bonchev–Trinajstić information content (AvgIpc) is 2.67. The number of aryl methyl sites for hydroxylation is 1. The van der Waals surface area contributed by atoms with E-state index in [0.717, 1.165) is 12.0 Å². The Bertz CT molecular complexity index is 878. The van der Waals surface area contributed by atoms with E-state index in [1.165, 1.54) is 0 Å². The summed E-state index contributed by atoms with van der Waals surface area (Å²) < 4.78 is 0. The molecule has 2 aromatic rings. The normalized spacial score (nSPS) is 14.3. The van der Waals surface area contributed by atoms with E-state index in [9.17, 15) is 14.7 Å². The maximum Gasteiger partial charge on any atom is 0.257 e. The highest BCUT2D eigenvalue weighted by Crippen LogP contribution is 2.24. The Hall–Kier alpha value is -2.24. The molecule has 27 heavy (non-hydrogen) atoms. The predicted octanol–water partition coefficient (Wildman–Crippen LogP) is 3.86. The van der Waals surface area contributed by atoms with Crippen LogP contribution in [0.1, 0.15) is 33.2 Å². The number of amides is 2. The van der Waals surface area contributed by atoms with Crippen molar-refractivity contribution >= 4 is 35.0 Å². The smallest absolute Gasteiger partial charge is 0.257 e. The van der Waals surface area contributed by atoms with Crippen molar-refractivity contribution in [3.05, 3.63) is 63.1 Å². The highest BCUT2D eigenvalue weighted by atomic mass is 35.5. The molecule has 0 radical (unpaired) electrons. The molecule has 1 aliphatic heterocycles. The number of aromatic hydroxyl groups is 1. The number of piperazine rings is 1. The summed E-state index contributed by atoms with van der Waals surface area (Å²) in [6.07, 6.45) is 0.782. The number of hydrogen-bond donors (Lipinski definition) is 1. The number of hydrogen-bond acceptors (Lipinski definition) is 3. The van der Waals surface area contributed by atoms with Gasteiger partial charge in [0.1, 0.15) is 5.75 Å². The SMILES string of the molecule is CCc1ccc(O)c(C(=O)N2CCN(C(=O)c3ccc(Cl)cc3Cl)CC2)c1. The van der Waals surface area contributed by atoms with Gasteiger partial charge >= 0.3 is 0 Å². The van der Waals surface area contributed by atoms with Crippen molar-refractivity contribution in [1.82, 2.24) is 9.80 Å². The molecule has 142 valence electrons. The minimum Gasteiger partial charge on any atom is -0.507 e. The monoisotopic (exact) mass is 406 g/mol. The number of nitrogens with zero attached hydrogens (tertiary/aromatic N) is 2. The number of phenolic OH excluding ortho intramolecular Hbond substituents is 1. The number of halogens is 2. The van der Waals surface area contributed by atoms with Crippen molar-refractivity contribution in [1.29, 1.82) is 0 Å². The van der Waals surface area contributed by atoms with Crippen molar-refractivity contribution < 1.29 is 14.7 Å². The highest BCUT2D eigenvalue weighted by Gasteiger charge is 2.27. The molecule has 0 unspecified atom stereocenters. The number of carbonyl (C=O) groups is 2. The van der Waals surface area contributed by atoms with Crippen LogP contribution in [0.2, 0.25) is 10.0 Å². The van der Waals surface area contributed by atoms with Gasteiger partial charge in [-0.1, -0.05) is 36.2 Å². The highest BCUT2D eigenvalue weighted by molar-refractivity contribution is 6.36. The molecule has 1 saturated heterocycles. The third kappa shape index (κ3) is 4.20. The van der Waals surface area contributed by atoms with Crippen LogP contribution >= 0.6 is 23.2 Å². The van der Waals surface area contributed by atoms with Crippen LogP contribution in [-0.2, 0) is 6.42 Å². The molecule has 3 rings (SSSR count). The van der Waals surface area contributed by atoms with Gasteiger partial charge in [-0.15, -0.1) is 0 Å². The number of benzene rings is 2. The summed E-state index contributed by atoms with van der Waals surface area (Å²) in [5.41, 5.74) is 1.69. The zero-order valence-corrected chi connectivity index (χ0v) is 16.4. The molecule has 1 aliphatic rings. The fourth-order valence-corrected chi connectivity index (χ4v) is 3.58. The zero-order chi connectivity index (χ0) is 19.6. The molecule has 0 bridgehead atoms. The first-order valence-corrected chi connectivity index (χ1v) is 9.51. The van der Waals surface area contributed by atoms with Gasteiger partial charge in [-0.05, 0) is 42.3 Å². The van der Waals surface area contributed by atoms with Crippen molar-refractivity contribution in [2.75, 3.05) is 26.2 Å². The topological polar surface area (TPSA) is 60.9 Å². The number of phenols is 1. The van der Waals surface area contributed by atoms with Crippen LogP contribution in [0.15, 0.2) is 36.4 Å². The van der Waals surface area contributed by atoms with Crippen LogP contribution in [0.25, 0.3) is 0 Å². The van der Waals surface area contributed by atoms with E-state index in [0.29, 0.717) is 47.4 Å². The van der Waals surface area contributed by atoms with Crippen LogP contribution in [-0.4, -0.2) is 52.9 Å². The lowest BCUT2D eigenvalue weighted by Gasteiger charge is -2.35. The second-order valence-corrected chi connectivity index (χ2v) is 7.26. The Balaban J connectivity index is 1.68. The van der Waals surface area contributed by atoms with Crippen molar-refractivity contribution in [3.8, 4) is 5.75 Å². The van der Waals surface area contributed by atoms with Crippen molar-refractivity contribution in [3.63, 3.8) is 0 Å². The maximum absolute atomic E-state index is 12.8. The molecular formula is C20H20Cl2N2O3. The largest absolute Gasteiger partial charge is 0.507 e. The molecule has 0 aliphatic carbocycles. The Morgan fingerprint density at radius 3 is 2.07 bits per heavy atom. The molecule has 0 spiro atoms. The molecular weight excluding hydrogens is 387 g/mol. The van der Waals surface area contributed by atoms with E-state index in [2.05, 4.69) is 0 Å². The minimum atomic E-state index is -0.223. The van der Waals surface area contributed by atoms with Gasteiger partial charge in [0.25, 0.3) is 11.8 Å². The Labute approximate surface area is 168 Å². The molecule has 2 amide bonds. The third-order valence-electron chi connectivity index (χ3n) is 4.72. The van der Waals surface area contributed by atoms with Gasteiger partial charge in [-0.3, -0.25) is 9.59 Å². The standard InChI is InChI=1S/C20H20Cl2N2O3/c1-2-13-3-6-18(25)16(11-13)20(27)24-9-7-23(8-10-24)19(26)15-5-4-14(21)12-17(15)22/h3-6,11-12,25H,2,7-10H2,1H3. The van der Waals surface area contributed by atoms with E-state index >= 15 is 0 Å². The van der Waals surface area contributed by atoms with Crippen LogP contribution in [0.4, 0.5) is 0 Å². The summed E-state index contributed by atoms with van der Waals surface area (Å²) in [4.78, 5) is 28.7. The number of carbonyl (C=O) groups excluding carboxylic acids is 2.